The van der Waals surface area contributed by atoms with Gasteiger partial charge in [0.2, 0.25) is 0 Å². The summed E-state index contributed by atoms with van der Waals surface area (Å²) >= 11 is 1.42. The van der Waals surface area contributed by atoms with E-state index < -0.39 is 15.7 Å². The molecule has 7 nitrogen and oxygen atoms in total. The van der Waals surface area contributed by atoms with Crippen molar-refractivity contribution in [1.29, 1.82) is 0 Å². The number of fused-ring (bicyclic) bond motifs is 1. The maximum absolute atomic E-state index is 13.2. The van der Waals surface area contributed by atoms with Crippen LogP contribution in [0.25, 0.3) is 21.3 Å². The normalized spacial score (nSPS) is 11.5. The van der Waals surface area contributed by atoms with Crippen LogP contribution in [0.4, 0.5) is 0 Å². The lowest BCUT2D eigenvalue weighted by molar-refractivity contribution is 0.101. The average molecular weight is 454 g/mol. The van der Waals surface area contributed by atoms with E-state index in [-0.39, 0.29) is 16.9 Å². The maximum atomic E-state index is 13.2. The standard InChI is InChI=1S/C22H19N3O4S2/c1-14-18(16-8-4-3-5-9-16)19-21(30-14)23-13-25(22(19)27)24-20(26)17-10-6-7-15(11-17)12-31(2,28)29/h3-11,13H,12H2,1-2H3,(H,24,26). The number of sulfone groups is 1. The van der Waals surface area contributed by atoms with E-state index in [1.807, 2.05) is 37.3 Å². The summed E-state index contributed by atoms with van der Waals surface area (Å²) in [5, 5.41) is 0.447. The van der Waals surface area contributed by atoms with Crippen molar-refractivity contribution in [2.75, 3.05) is 11.7 Å². The fraction of sp³-hybridized carbons (Fsp3) is 0.136. The second-order valence-electron chi connectivity index (χ2n) is 7.21. The topological polar surface area (TPSA) is 98.1 Å². The monoisotopic (exact) mass is 453 g/mol. The summed E-state index contributed by atoms with van der Waals surface area (Å²) in [6.45, 7) is 1.93. The van der Waals surface area contributed by atoms with Gasteiger partial charge in [-0.25, -0.2) is 18.1 Å². The van der Waals surface area contributed by atoms with Gasteiger partial charge in [0, 0.05) is 22.3 Å². The predicted octanol–water partition coefficient (Wildman–Crippen LogP) is 3.36. The highest BCUT2D eigenvalue weighted by Crippen LogP contribution is 2.35. The van der Waals surface area contributed by atoms with Crippen LogP contribution in [0.15, 0.2) is 65.7 Å². The molecule has 9 heteroatoms. The Bertz CT molecular complexity index is 1460. The fourth-order valence-corrected chi connectivity index (χ4v) is 5.20. The van der Waals surface area contributed by atoms with Crippen molar-refractivity contribution in [3.63, 3.8) is 0 Å². The van der Waals surface area contributed by atoms with Crippen LogP contribution in [0.2, 0.25) is 0 Å². The highest BCUT2D eigenvalue weighted by atomic mass is 32.2. The van der Waals surface area contributed by atoms with E-state index in [4.69, 9.17) is 0 Å². The molecule has 2 aromatic carbocycles. The summed E-state index contributed by atoms with van der Waals surface area (Å²) in [6.07, 6.45) is 2.42. The van der Waals surface area contributed by atoms with Crippen LogP contribution >= 0.6 is 11.3 Å². The SMILES string of the molecule is Cc1sc2ncn(NC(=O)c3cccc(CS(C)(=O)=O)c3)c(=O)c2c1-c1ccccc1. The van der Waals surface area contributed by atoms with E-state index in [9.17, 15) is 18.0 Å². The van der Waals surface area contributed by atoms with Crippen LogP contribution in [0.3, 0.4) is 0 Å². The molecule has 2 aromatic heterocycles. The van der Waals surface area contributed by atoms with Gasteiger partial charge in [0.1, 0.15) is 11.2 Å². The van der Waals surface area contributed by atoms with Gasteiger partial charge >= 0.3 is 0 Å². The molecule has 1 amide bonds. The third-order valence-electron chi connectivity index (χ3n) is 4.69. The summed E-state index contributed by atoms with van der Waals surface area (Å²) in [7, 11) is -3.23. The lowest BCUT2D eigenvalue weighted by Crippen LogP contribution is -2.33. The van der Waals surface area contributed by atoms with E-state index in [2.05, 4.69) is 10.4 Å². The molecule has 158 valence electrons. The molecule has 0 atom stereocenters. The molecule has 0 saturated heterocycles. The Hall–Kier alpha value is -3.30. The zero-order chi connectivity index (χ0) is 22.2. The number of carbonyl (C=O) groups is 1. The van der Waals surface area contributed by atoms with Crippen molar-refractivity contribution in [1.82, 2.24) is 9.66 Å². The van der Waals surface area contributed by atoms with Gasteiger partial charge < -0.3 is 0 Å². The van der Waals surface area contributed by atoms with Crippen LogP contribution in [0, 0.1) is 6.92 Å². The molecule has 0 radical (unpaired) electrons. The average Bonchev–Trinajstić information content (AvgIpc) is 3.06. The van der Waals surface area contributed by atoms with Gasteiger partial charge in [-0.3, -0.25) is 15.0 Å². The van der Waals surface area contributed by atoms with Crippen molar-refractivity contribution in [3.05, 3.63) is 87.3 Å². The molecule has 4 aromatic rings. The summed E-state index contributed by atoms with van der Waals surface area (Å²) in [5.74, 6) is -0.706. The molecule has 4 rings (SSSR count). The molecular formula is C22H19N3O4S2. The number of carbonyl (C=O) groups excluding carboxylic acids is 1. The molecule has 0 bridgehead atoms. The van der Waals surface area contributed by atoms with Crippen molar-refractivity contribution >= 4 is 37.3 Å². The van der Waals surface area contributed by atoms with E-state index in [1.54, 1.807) is 18.2 Å². The number of aromatic nitrogens is 2. The van der Waals surface area contributed by atoms with Crippen LogP contribution in [0.1, 0.15) is 20.8 Å². The van der Waals surface area contributed by atoms with Crippen molar-refractivity contribution in [2.24, 2.45) is 0 Å². The largest absolute Gasteiger partial charge is 0.281 e. The Labute approximate surface area is 182 Å². The first-order valence-electron chi connectivity index (χ1n) is 9.37. The molecule has 1 N–H and O–H groups in total. The minimum absolute atomic E-state index is 0.170. The highest BCUT2D eigenvalue weighted by molar-refractivity contribution is 7.89. The second kappa shape index (κ2) is 8.09. The van der Waals surface area contributed by atoms with E-state index in [0.717, 1.165) is 26.9 Å². The number of nitrogens with one attached hydrogen (secondary N) is 1. The number of rotatable bonds is 5. The van der Waals surface area contributed by atoms with Crippen molar-refractivity contribution in [3.8, 4) is 11.1 Å². The predicted molar refractivity (Wildman–Crippen MR) is 123 cm³/mol. The Balaban J connectivity index is 1.72. The minimum atomic E-state index is -3.23. The Morgan fingerprint density at radius 2 is 1.87 bits per heavy atom. The van der Waals surface area contributed by atoms with Crippen LogP contribution in [-0.4, -0.2) is 30.2 Å². The number of hydrogen-bond donors (Lipinski definition) is 1. The van der Waals surface area contributed by atoms with Gasteiger partial charge in [0.25, 0.3) is 11.5 Å². The summed E-state index contributed by atoms with van der Waals surface area (Å²) in [6, 6.07) is 15.9. The van der Waals surface area contributed by atoms with Crippen LogP contribution < -0.4 is 11.0 Å². The molecule has 0 unspecified atom stereocenters. The van der Waals surface area contributed by atoms with E-state index in [0.29, 0.717) is 15.8 Å². The lowest BCUT2D eigenvalue weighted by atomic mass is 10.0. The number of thiophene rings is 1. The number of amides is 1. The first-order chi connectivity index (χ1) is 14.7. The van der Waals surface area contributed by atoms with E-state index >= 15 is 0 Å². The lowest BCUT2D eigenvalue weighted by Gasteiger charge is -2.09. The first kappa shape index (κ1) is 21.0. The molecule has 0 aliphatic rings. The number of benzene rings is 2. The van der Waals surface area contributed by atoms with Gasteiger partial charge in [-0.15, -0.1) is 11.3 Å². The molecule has 0 aliphatic heterocycles. The zero-order valence-corrected chi connectivity index (χ0v) is 18.5. The Morgan fingerprint density at radius 1 is 1.13 bits per heavy atom. The number of nitrogens with zero attached hydrogens (tertiary/aromatic N) is 2. The van der Waals surface area contributed by atoms with Gasteiger partial charge in [0.15, 0.2) is 9.84 Å². The molecule has 31 heavy (non-hydrogen) atoms. The second-order valence-corrected chi connectivity index (χ2v) is 10.6. The fourth-order valence-electron chi connectivity index (χ4n) is 3.41. The Kier molecular flexibility index (Phi) is 5.47. The summed E-state index contributed by atoms with van der Waals surface area (Å²) < 4.78 is 24.1. The van der Waals surface area contributed by atoms with Crippen molar-refractivity contribution in [2.45, 2.75) is 12.7 Å². The van der Waals surface area contributed by atoms with Crippen LogP contribution in [0.5, 0.6) is 0 Å². The van der Waals surface area contributed by atoms with Gasteiger partial charge in [-0.05, 0) is 30.2 Å². The van der Waals surface area contributed by atoms with E-state index in [1.165, 1.54) is 23.7 Å². The molecule has 0 spiro atoms. The quantitative estimate of drug-likeness (QED) is 0.500. The van der Waals surface area contributed by atoms with Crippen molar-refractivity contribution < 1.29 is 13.2 Å². The molecule has 0 saturated carbocycles. The molecular weight excluding hydrogens is 434 g/mol. The van der Waals surface area contributed by atoms with Gasteiger partial charge in [-0.2, -0.15) is 0 Å². The third-order valence-corrected chi connectivity index (χ3v) is 6.56. The molecule has 2 heterocycles. The maximum Gasteiger partial charge on any atom is 0.281 e. The third kappa shape index (κ3) is 4.42. The smallest absolute Gasteiger partial charge is 0.267 e. The first-order valence-corrected chi connectivity index (χ1v) is 12.2. The Morgan fingerprint density at radius 3 is 2.58 bits per heavy atom. The molecule has 0 aliphatic carbocycles. The summed E-state index contributed by atoms with van der Waals surface area (Å²) in [5.41, 5.74) is 4.63. The summed E-state index contributed by atoms with van der Waals surface area (Å²) in [4.78, 5) is 31.8. The van der Waals surface area contributed by atoms with Gasteiger partial charge in [-0.1, -0.05) is 42.5 Å². The number of aryl methyl sites for hydroxylation is 1. The highest BCUT2D eigenvalue weighted by Gasteiger charge is 2.18. The van der Waals surface area contributed by atoms with Crippen LogP contribution in [-0.2, 0) is 15.6 Å². The van der Waals surface area contributed by atoms with Gasteiger partial charge in [0.05, 0.1) is 11.1 Å². The molecule has 0 fully saturated rings. The number of hydrogen-bond acceptors (Lipinski definition) is 6. The zero-order valence-electron chi connectivity index (χ0n) is 16.8. The minimum Gasteiger partial charge on any atom is -0.267 e.